The number of halogens is 1. The number of carbonyl (C=O) groups excluding carboxylic acids is 1. The van der Waals surface area contributed by atoms with E-state index in [4.69, 9.17) is 5.11 Å². The highest BCUT2D eigenvalue weighted by molar-refractivity contribution is 9.10. The van der Waals surface area contributed by atoms with E-state index < -0.39 is 5.97 Å². The number of amides is 1. The van der Waals surface area contributed by atoms with E-state index in [0.29, 0.717) is 25.2 Å². The van der Waals surface area contributed by atoms with Crippen molar-refractivity contribution in [3.8, 4) is 0 Å². The zero-order valence-corrected chi connectivity index (χ0v) is 14.5. The first-order valence-corrected chi connectivity index (χ1v) is 8.13. The molecule has 0 radical (unpaired) electrons. The summed E-state index contributed by atoms with van der Waals surface area (Å²) >= 11 is 3.37. The van der Waals surface area contributed by atoms with Crippen LogP contribution in [-0.2, 0) is 18.4 Å². The van der Waals surface area contributed by atoms with E-state index >= 15 is 0 Å². The molecule has 0 fully saturated rings. The molecule has 0 spiro atoms. The van der Waals surface area contributed by atoms with E-state index in [1.54, 1.807) is 15.5 Å². The summed E-state index contributed by atoms with van der Waals surface area (Å²) in [6.45, 7) is 0.866. The summed E-state index contributed by atoms with van der Waals surface area (Å²) in [5.74, 6) is -0.953. The van der Waals surface area contributed by atoms with Crippen LogP contribution >= 0.6 is 15.9 Å². The summed E-state index contributed by atoms with van der Waals surface area (Å²) in [4.78, 5) is 25.2. The van der Waals surface area contributed by atoms with Crippen LogP contribution in [0.25, 0.3) is 0 Å². The number of rotatable bonds is 7. The second kappa shape index (κ2) is 7.97. The van der Waals surface area contributed by atoms with Crippen molar-refractivity contribution in [2.75, 3.05) is 6.54 Å². The molecule has 1 aromatic heterocycles. The monoisotopic (exact) mass is 378 g/mol. The molecule has 23 heavy (non-hydrogen) atoms. The summed E-state index contributed by atoms with van der Waals surface area (Å²) in [5, 5.41) is 8.81. The Balaban J connectivity index is 2.16. The predicted molar refractivity (Wildman–Crippen MR) is 91.2 cm³/mol. The third kappa shape index (κ3) is 4.96. The molecule has 0 saturated carbocycles. The highest BCUT2D eigenvalue weighted by Crippen LogP contribution is 2.17. The van der Waals surface area contributed by atoms with Crippen molar-refractivity contribution in [2.45, 2.75) is 19.4 Å². The summed E-state index contributed by atoms with van der Waals surface area (Å²) in [5.41, 5.74) is 1.59. The van der Waals surface area contributed by atoms with E-state index in [2.05, 4.69) is 15.9 Å². The van der Waals surface area contributed by atoms with Gasteiger partial charge in [-0.25, -0.2) is 0 Å². The maximum atomic E-state index is 12.8. The average Bonchev–Trinajstić information content (AvgIpc) is 2.85. The summed E-state index contributed by atoms with van der Waals surface area (Å²) in [7, 11) is 1.82. The predicted octanol–water partition coefficient (Wildman–Crippen LogP) is 3.29. The Morgan fingerprint density at radius 3 is 2.52 bits per heavy atom. The first kappa shape index (κ1) is 17.3. The zero-order chi connectivity index (χ0) is 16.8. The van der Waals surface area contributed by atoms with Crippen molar-refractivity contribution < 1.29 is 14.7 Å². The standard InChI is InChI=1S/C17H19BrN2O3/c1-19-12-14(18)10-15(19)17(23)20(9-5-8-16(21)22)11-13-6-3-2-4-7-13/h2-4,6-7,10,12H,5,8-9,11H2,1H3,(H,21,22). The van der Waals surface area contributed by atoms with Crippen molar-refractivity contribution in [3.63, 3.8) is 0 Å². The Hall–Kier alpha value is -2.08. The second-order valence-electron chi connectivity index (χ2n) is 5.36. The fourth-order valence-corrected chi connectivity index (χ4v) is 2.90. The quantitative estimate of drug-likeness (QED) is 0.803. The van der Waals surface area contributed by atoms with E-state index in [0.717, 1.165) is 10.0 Å². The molecule has 0 atom stereocenters. The number of aryl methyl sites for hydroxylation is 1. The highest BCUT2D eigenvalue weighted by atomic mass is 79.9. The van der Waals surface area contributed by atoms with Crippen LogP contribution in [0.15, 0.2) is 47.1 Å². The van der Waals surface area contributed by atoms with Crippen molar-refractivity contribution >= 4 is 27.8 Å². The zero-order valence-electron chi connectivity index (χ0n) is 12.9. The first-order valence-electron chi connectivity index (χ1n) is 7.34. The molecule has 2 rings (SSSR count). The van der Waals surface area contributed by atoms with Crippen LogP contribution < -0.4 is 0 Å². The molecule has 0 aliphatic carbocycles. The molecule has 0 aliphatic heterocycles. The molecule has 1 aromatic carbocycles. The normalized spacial score (nSPS) is 10.5. The van der Waals surface area contributed by atoms with Crippen molar-refractivity contribution in [1.29, 1.82) is 0 Å². The van der Waals surface area contributed by atoms with Gasteiger partial charge in [0.15, 0.2) is 0 Å². The molecule has 0 unspecified atom stereocenters. The highest BCUT2D eigenvalue weighted by Gasteiger charge is 2.19. The van der Waals surface area contributed by atoms with Gasteiger partial charge in [0, 0.05) is 37.2 Å². The lowest BCUT2D eigenvalue weighted by Crippen LogP contribution is -2.33. The minimum absolute atomic E-state index is 0.0510. The lowest BCUT2D eigenvalue weighted by atomic mass is 10.2. The summed E-state index contributed by atoms with van der Waals surface area (Å²) in [6, 6.07) is 11.5. The molecule has 1 amide bonds. The molecule has 6 heteroatoms. The SMILES string of the molecule is Cn1cc(Br)cc1C(=O)N(CCCC(=O)O)Cc1ccccc1. The number of hydrogen-bond acceptors (Lipinski definition) is 2. The number of nitrogens with zero attached hydrogens (tertiary/aromatic N) is 2. The molecule has 0 saturated heterocycles. The van der Waals surface area contributed by atoms with Gasteiger partial charge in [0.25, 0.3) is 5.91 Å². The van der Waals surface area contributed by atoms with E-state index in [1.807, 2.05) is 43.6 Å². The Labute approximate surface area is 143 Å². The summed E-state index contributed by atoms with van der Waals surface area (Å²) < 4.78 is 2.61. The number of carbonyl (C=O) groups is 2. The number of benzene rings is 1. The molecule has 1 heterocycles. The van der Waals surface area contributed by atoms with Gasteiger partial charge in [-0.2, -0.15) is 0 Å². The number of aliphatic carboxylic acids is 1. The van der Waals surface area contributed by atoms with Gasteiger partial charge in [0.2, 0.25) is 0 Å². The smallest absolute Gasteiger partial charge is 0.303 e. The van der Waals surface area contributed by atoms with Gasteiger partial charge in [0.05, 0.1) is 0 Å². The molecule has 0 bridgehead atoms. The maximum absolute atomic E-state index is 12.8. The minimum Gasteiger partial charge on any atom is -0.481 e. The minimum atomic E-state index is -0.848. The van der Waals surface area contributed by atoms with Gasteiger partial charge in [-0.15, -0.1) is 0 Å². The van der Waals surface area contributed by atoms with E-state index in [-0.39, 0.29) is 12.3 Å². The fourth-order valence-electron chi connectivity index (χ4n) is 2.38. The molecular weight excluding hydrogens is 360 g/mol. The van der Waals surface area contributed by atoms with Crippen LogP contribution in [0.2, 0.25) is 0 Å². The topological polar surface area (TPSA) is 62.5 Å². The maximum Gasteiger partial charge on any atom is 0.303 e. The van der Waals surface area contributed by atoms with Crippen molar-refractivity contribution in [2.24, 2.45) is 7.05 Å². The molecule has 0 aliphatic rings. The molecular formula is C17H19BrN2O3. The van der Waals surface area contributed by atoms with Gasteiger partial charge in [-0.05, 0) is 34.0 Å². The lowest BCUT2D eigenvalue weighted by molar-refractivity contribution is -0.137. The number of hydrogen-bond donors (Lipinski definition) is 1. The fraction of sp³-hybridized carbons (Fsp3) is 0.294. The largest absolute Gasteiger partial charge is 0.481 e. The number of carboxylic acid groups (broad SMARTS) is 1. The average molecular weight is 379 g/mol. The van der Waals surface area contributed by atoms with Crippen molar-refractivity contribution in [1.82, 2.24) is 9.47 Å². The Bertz CT molecular complexity index is 682. The van der Waals surface area contributed by atoms with Crippen LogP contribution in [0.3, 0.4) is 0 Å². The molecule has 1 N–H and O–H groups in total. The van der Waals surface area contributed by atoms with Crippen LogP contribution in [0, 0.1) is 0 Å². The van der Waals surface area contributed by atoms with Crippen molar-refractivity contribution in [3.05, 3.63) is 58.3 Å². The van der Waals surface area contributed by atoms with E-state index in [9.17, 15) is 9.59 Å². The second-order valence-corrected chi connectivity index (χ2v) is 6.28. The van der Waals surface area contributed by atoms with Crippen LogP contribution in [0.1, 0.15) is 28.9 Å². The number of carboxylic acids is 1. The van der Waals surface area contributed by atoms with E-state index in [1.165, 1.54) is 0 Å². The van der Waals surface area contributed by atoms with Crippen LogP contribution in [0.5, 0.6) is 0 Å². The third-order valence-electron chi connectivity index (χ3n) is 3.51. The van der Waals surface area contributed by atoms with Gasteiger partial charge >= 0.3 is 5.97 Å². The Morgan fingerprint density at radius 1 is 1.26 bits per heavy atom. The lowest BCUT2D eigenvalue weighted by Gasteiger charge is -2.23. The Morgan fingerprint density at radius 2 is 1.96 bits per heavy atom. The number of aromatic nitrogens is 1. The van der Waals surface area contributed by atoms with Crippen LogP contribution in [-0.4, -0.2) is 33.0 Å². The van der Waals surface area contributed by atoms with Gasteiger partial charge < -0.3 is 14.6 Å². The van der Waals surface area contributed by atoms with Gasteiger partial charge in [-0.3, -0.25) is 9.59 Å². The molecule has 2 aromatic rings. The molecule has 122 valence electrons. The Kier molecular flexibility index (Phi) is 5.98. The van der Waals surface area contributed by atoms with Gasteiger partial charge in [0.1, 0.15) is 5.69 Å². The van der Waals surface area contributed by atoms with Gasteiger partial charge in [-0.1, -0.05) is 30.3 Å². The van der Waals surface area contributed by atoms with Crippen LogP contribution in [0.4, 0.5) is 0 Å². The molecule has 5 nitrogen and oxygen atoms in total. The first-order chi connectivity index (χ1) is 11.0. The summed E-state index contributed by atoms with van der Waals surface area (Å²) in [6.07, 6.45) is 2.31. The third-order valence-corrected chi connectivity index (χ3v) is 3.95.